The number of nitrogens with one attached hydrogen (secondary N) is 1. The fourth-order valence-corrected chi connectivity index (χ4v) is 4.69. The van der Waals surface area contributed by atoms with Crippen molar-refractivity contribution in [2.24, 2.45) is 0 Å². The normalized spacial score (nSPS) is 14.1. The second-order valence-electron chi connectivity index (χ2n) is 6.41. The predicted molar refractivity (Wildman–Crippen MR) is 102 cm³/mol. The molecule has 3 aromatic rings. The van der Waals surface area contributed by atoms with Crippen LogP contribution in [0.1, 0.15) is 24.2 Å². The van der Waals surface area contributed by atoms with Crippen molar-refractivity contribution in [2.75, 3.05) is 4.72 Å². The SMILES string of the molecule is O=[N+]([O-])c1cccc(S(=O)(=O)Nc2cc(Cl)c3oc4c(c3c2)CCCC4)c1. The van der Waals surface area contributed by atoms with Crippen LogP contribution in [-0.4, -0.2) is 13.3 Å². The zero-order valence-corrected chi connectivity index (χ0v) is 15.6. The summed E-state index contributed by atoms with van der Waals surface area (Å²) in [6.07, 6.45) is 3.80. The smallest absolute Gasteiger partial charge is 0.270 e. The Bertz CT molecular complexity index is 1170. The van der Waals surface area contributed by atoms with Crippen LogP contribution >= 0.6 is 11.6 Å². The van der Waals surface area contributed by atoms with Crippen LogP contribution in [0.25, 0.3) is 11.0 Å². The minimum Gasteiger partial charge on any atom is -0.459 e. The number of halogens is 1. The molecule has 27 heavy (non-hydrogen) atoms. The molecule has 140 valence electrons. The Labute approximate surface area is 160 Å². The van der Waals surface area contributed by atoms with Crippen LogP contribution < -0.4 is 4.72 Å². The second-order valence-corrected chi connectivity index (χ2v) is 8.50. The van der Waals surface area contributed by atoms with Crippen molar-refractivity contribution in [2.45, 2.75) is 30.6 Å². The molecule has 0 aliphatic heterocycles. The second kappa shape index (κ2) is 6.54. The maximum atomic E-state index is 12.7. The van der Waals surface area contributed by atoms with E-state index in [1.165, 1.54) is 24.3 Å². The molecule has 0 radical (unpaired) electrons. The molecule has 9 heteroatoms. The van der Waals surface area contributed by atoms with Gasteiger partial charge in [-0.1, -0.05) is 17.7 Å². The van der Waals surface area contributed by atoms with Gasteiger partial charge in [-0.2, -0.15) is 0 Å². The highest BCUT2D eigenvalue weighted by Crippen LogP contribution is 2.38. The molecule has 0 fully saturated rings. The third-order valence-corrected chi connectivity index (χ3v) is 6.26. The van der Waals surface area contributed by atoms with Crippen molar-refractivity contribution >= 4 is 44.0 Å². The van der Waals surface area contributed by atoms with Gasteiger partial charge in [0.1, 0.15) is 5.76 Å². The van der Waals surface area contributed by atoms with Gasteiger partial charge in [0.05, 0.1) is 20.5 Å². The maximum absolute atomic E-state index is 12.7. The number of fused-ring (bicyclic) bond motifs is 3. The Morgan fingerprint density at radius 3 is 2.70 bits per heavy atom. The highest BCUT2D eigenvalue weighted by molar-refractivity contribution is 7.92. The molecule has 0 amide bonds. The van der Waals surface area contributed by atoms with E-state index >= 15 is 0 Å². The molecule has 0 saturated heterocycles. The summed E-state index contributed by atoms with van der Waals surface area (Å²) < 4.78 is 33.6. The van der Waals surface area contributed by atoms with Gasteiger partial charge in [-0.15, -0.1) is 0 Å². The molecular formula is C18H15ClN2O5S. The molecule has 7 nitrogen and oxygen atoms in total. The van der Waals surface area contributed by atoms with E-state index in [2.05, 4.69) is 4.72 Å². The summed E-state index contributed by atoms with van der Waals surface area (Å²) in [5, 5.41) is 12.0. The summed E-state index contributed by atoms with van der Waals surface area (Å²) in [7, 11) is -4.00. The lowest BCUT2D eigenvalue weighted by Gasteiger charge is -2.10. The van der Waals surface area contributed by atoms with Gasteiger partial charge in [0.15, 0.2) is 5.58 Å². The Hall–Kier alpha value is -2.58. The van der Waals surface area contributed by atoms with Gasteiger partial charge in [0, 0.05) is 29.5 Å². The van der Waals surface area contributed by atoms with Gasteiger partial charge < -0.3 is 4.42 Å². The summed E-state index contributed by atoms with van der Waals surface area (Å²) in [5.41, 5.74) is 1.61. The van der Waals surface area contributed by atoms with Gasteiger partial charge in [-0.05, 0) is 37.5 Å². The van der Waals surface area contributed by atoms with Crippen molar-refractivity contribution in [3.63, 3.8) is 0 Å². The number of aryl methyl sites for hydroxylation is 2. The number of non-ortho nitro benzene ring substituents is 1. The standard InChI is InChI=1S/C18H15ClN2O5S/c19-16-9-11(8-15-14-6-1-2-7-17(14)26-18(15)16)20-27(24,25)13-5-3-4-12(10-13)21(22)23/h3-5,8-10,20H,1-2,6-7H2. The first-order valence-electron chi connectivity index (χ1n) is 8.36. The first kappa shape index (κ1) is 17.8. The molecule has 0 spiro atoms. The Morgan fingerprint density at radius 1 is 1.15 bits per heavy atom. The largest absolute Gasteiger partial charge is 0.459 e. The lowest BCUT2D eigenvalue weighted by atomic mass is 9.96. The van der Waals surface area contributed by atoms with Gasteiger partial charge in [-0.3, -0.25) is 14.8 Å². The van der Waals surface area contributed by atoms with Crippen LogP contribution in [0.5, 0.6) is 0 Å². The predicted octanol–water partition coefficient (Wildman–Crippen LogP) is 4.67. The number of furan rings is 1. The number of hydrogen-bond acceptors (Lipinski definition) is 5. The van der Waals surface area contributed by atoms with Gasteiger partial charge >= 0.3 is 0 Å². The summed E-state index contributed by atoms with van der Waals surface area (Å²) >= 11 is 6.31. The quantitative estimate of drug-likeness (QED) is 0.500. The number of hydrogen-bond donors (Lipinski definition) is 1. The van der Waals surface area contributed by atoms with E-state index in [4.69, 9.17) is 16.0 Å². The number of rotatable bonds is 4. The van der Waals surface area contributed by atoms with Gasteiger partial charge in [-0.25, -0.2) is 8.42 Å². The van der Waals surface area contributed by atoms with Crippen LogP contribution in [-0.2, 0) is 22.9 Å². The zero-order valence-electron chi connectivity index (χ0n) is 14.1. The van der Waals surface area contributed by atoms with Gasteiger partial charge in [0.25, 0.3) is 15.7 Å². The molecule has 0 saturated carbocycles. The fraction of sp³-hybridized carbons (Fsp3) is 0.222. The molecule has 0 atom stereocenters. The highest BCUT2D eigenvalue weighted by Gasteiger charge is 2.22. The van der Waals surface area contributed by atoms with E-state index in [1.807, 2.05) is 0 Å². The molecule has 0 bridgehead atoms. The summed E-state index contributed by atoms with van der Waals surface area (Å²) in [4.78, 5) is 10.1. The number of nitro groups is 1. The van der Waals surface area contributed by atoms with Crippen LogP contribution in [0.3, 0.4) is 0 Å². The molecule has 1 aromatic heterocycles. The zero-order chi connectivity index (χ0) is 19.2. The van der Waals surface area contributed by atoms with E-state index in [0.29, 0.717) is 10.6 Å². The van der Waals surface area contributed by atoms with E-state index in [0.717, 1.165) is 48.5 Å². The van der Waals surface area contributed by atoms with E-state index < -0.39 is 14.9 Å². The number of nitrogens with zero attached hydrogens (tertiary/aromatic N) is 1. The number of benzene rings is 2. The number of nitro benzene ring substituents is 1. The monoisotopic (exact) mass is 406 g/mol. The Morgan fingerprint density at radius 2 is 1.93 bits per heavy atom. The lowest BCUT2D eigenvalue weighted by Crippen LogP contribution is -2.13. The Kier molecular flexibility index (Phi) is 4.32. The van der Waals surface area contributed by atoms with Crippen molar-refractivity contribution in [3.05, 3.63) is 62.9 Å². The molecule has 1 heterocycles. The average Bonchev–Trinajstić information content (AvgIpc) is 3.01. The molecule has 1 aliphatic rings. The third-order valence-electron chi connectivity index (χ3n) is 4.60. The molecule has 0 unspecified atom stereocenters. The van der Waals surface area contributed by atoms with E-state index in [-0.39, 0.29) is 16.3 Å². The van der Waals surface area contributed by atoms with Crippen LogP contribution in [0.2, 0.25) is 5.02 Å². The molecule has 4 rings (SSSR count). The van der Waals surface area contributed by atoms with E-state index in [1.54, 1.807) is 6.07 Å². The summed E-state index contributed by atoms with van der Waals surface area (Å²) in [6, 6.07) is 8.06. The van der Waals surface area contributed by atoms with Crippen LogP contribution in [0.15, 0.2) is 45.7 Å². The molecular weight excluding hydrogens is 392 g/mol. The van der Waals surface area contributed by atoms with Crippen molar-refractivity contribution in [3.8, 4) is 0 Å². The first-order valence-corrected chi connectivity index (χ1v) is 10.2. The van der Waals surface area contributed by atoms with Crippen molar-refractivity contribution in [1.29, 1.82) is 0 Å². The minimum absolute atomic E-state index is 0.192. The van der Waals surface area contributed by atoms with Crippen molar-refractivity contribution in [1.82, 2.24) is 0 Å². The fourth-order valence-electron chi connectivity index (χ4n) is 3.36. The maximum Gasteiger partial charge on any atom is 0.270 e. The first-order chi connectivity index (χ1) is 12.8. The number of anilines is 1. The van der Waals surface area contributed by atoms with Crippen molar-refractivity contribution < 1.29 is 17.8 Å². The number of sulfonamides is 1. The van der Waals surface area contributed by atoms with E-state index in [9.17, 15) is 18.5 Å². The average molecular weight is 407 g/mol. The topological polar surface area (TPSA) is 102 Å². The van der Waals surface area contributed by atoms with Crippen LogP contribution in [0, 0.1) is 10.1 Å². The Balaban J connectivity index is 1.74. The van der Waals surface area contributed by atoms with Gasteiger partial charge in [0.2, 0.25) is 0 Å². The summed E-state index contributed by atoms with van der Waals surface area (Å²) in [6.45, 7) is 0. The molecule has 1 N–H and O–H groups in total. The molecule has 2 aromatic carbocycles. The lowest BCUT2D eigenvalue weighted by molar-refractivity contribution is -0.385. The minimum atomic E-state index is -4.00. The van der Waals surface area contributed by atoms with Crippen LogP contribution in [0.4, 0.5) is 11.4 Å². The highest BCUT2D eigenvalue weighted by atomic mass is 35.5. The molecule has 1 aliphatic carbocycles. The summed E-state index contributed by atoms with van der Waals surface area (Å²) in [5.74, 6) is 0.900. The third kappa shape index (κ3) is 3.26.